The number of benzene rings is 2. The van der Waals surface area contributed by atoms with Gasteiger partial charge >= 0.3 is 7.12 Å². The van der Waals surface area contributed by atoms with E-state index < -0.39 is 7.12 Å². The molecule has 0 spiro atoms. The Morgan fingerprint density at radius 3 is 3.03 bits per heavy atom. The fourth-order valence-corrected chi connectivity index (χ4v) is 3.48. The van der Waals surface area contributed by atoms with Crippen LogP contribution in [0.15, 0.2) is 54.7 Å². The van der Waals surface area contributed by atoms with Gasteiger partial charge in [-0.2, -0.15) is 0 Å². The number of carbonyl (C=O) groups excluding carboxylic acids is 1. The maximum Gasteiger partial charge on any atom is 0.491 e. The summed E-state index contributed by atoms with van der Waals surface area (Å²) >= 11 is 0. The molecule has 0 aliphatic carbocycles. The van der Waals surface area contributed by atoms with E-state index in [-0.39, 0.29) is 11.6 Å². The molecule has 9 heteroatoms. The van der Waals surface area contributed by atoms with Crippen LogP contribution in [0.4, 0.5) is 5.69 Å². The van der Waals surface area contributed by atoms with E-state index in [1.54, 1.807) is 36.0 Å². The first-order chi connectivity index (χ1) is 14.1. The first-order valence-electron chi connectivity index (χ1n) is 9.11. The van der Waals surface area contributed by atoms with Crippen molar-refractivity contribution in [3.63, 3.8) is 0 Å². The van der Waals surface area contributed by atoms with Gasteiger partial charge in [-0.05, 0) is 54.3 Å². The molecule has 1 amide bonds. The van der Waals surface area contributed by atoms with Crippen LogP contribution in [0.3, 0.4) is 0 Å². The van der Waals surface area contributed by atoms with Gasteiger partial charge in [-0.3, -0.25) is 9.78 Å². The highest BCUT2D eigenvalue weighted by Gasteiger charge is 2.27. The van der Waals surface area contributed by atoms with Gasteiger partial charge in [0.25, 0.3) is 5.91 Å². The number of fused-ring (bicyclic) bond motifs is 2. The van der Waals surface area contributed by atoms with Crippen molar-refractivity contribution in [2.75, 3.05) is 5.32 Å². The predicted molar refractivity (Wildman–Crippen MR) is 108 cm³/mol. The van der Waals surface area contributed by atoms with Crippen molar-refractivity contribution in [1.82, 2.24) is 20.0 Å². The number of carbonyl (C=O) groups is 1. The van der Waals surface area contributed by atoms with Gasteiger partial charge in [0, 0.05) is 17.3 Å². The van der Waals surface area contributed by atoms with Gasteiger partial charge in [-0.25, -0.2) is 4.68 Å². The van der Waals surface area contributed by atoms with E-state index in [1.165, 1.54) is 0 Å². The summed E-state index contributed by atoms with van der Waals surface area (Å²) in [6, 6.07) is 14.9. The molecule has 29 heavy (non-hydrogen) atoms. The van der Waals surface area contributed by atoms with Crippen molar-refractivity contribution < 1.29 is 14.5 Å². The lowest BCUT2D eigenvalue weighted by atomic mass is 9.79. The zero-order valence-electron chi connectivity index (χ0n) is 15.5. The van der Waals surface area contributed by atoms with Gasteiger partial charge in [0.2, 0.25) is 0 Å². The molecule has 0 saturated heterocycles. The molecule has 0 fully saturated rings. The quantitative estimate of drug-likeness (QED) is 0.520. The number of nitrogens with one attached hydrogen (secondary N) is 1. The second-order valence-corrected chi connectivity index (χ2v) is 6.85. The predicted octanol–water partition coefficient (Wildman–Crippen LogP) is 1.59. The molecule has 8 nitrogen and oxygen atoms in total. The zero-order chi connectivity index (χ0) is 20.0. The Balaban J connectivity index is 1.42. The first kappa shape index (κ1) is 17.5. The minimum atomic E-state index is -0.908. The molecule has 1 aliphatic rings. The number of pyridine rings is 1. The first-order valence-corrected chi connectivity index (χ1v) is 9.11. The summed E-state index contributed by atoms with van der Waals surface area (Å²) in [4.78, 5) is 17.1. The number of aromatic nitrogens is 4. The van der Waals surface area contributed by atoms with Crippen LogP contribution >= 0.6 is 0 Å². The Morgan fingerprint density at radius 1 is 1.24 bits per heavy atom. The molecule has 2 aromatic carbocycles. The maximum atomic E-state index is 12.7. The Labute approximate surface area is 166 Å². The molecule has 1 aliphatic heterocycles. The number of hydrogen-bond donors (Lipinski definition) is 2. The van der Waals surface area contributed by atoms with Crippen LogP contribution in [-0.4, -0.2) is 38.0 Å². The smallest absolute Gasteiger partial charge is 0.423 e. The molecule has 0 atom stereocenters. The van der Waals surface area contributed by atoms with E-state index in [2.05, 4.69) is 20.6 Å². The summed E-state index contributed by atoms with van der Waals surface area (Å²) in [7, 11) is -0.908. The minimum Gasteiger partial charge on any atom is -0.423 e. The van der Waals surface area contributed by atoms with E-state index in [1.807, 2.05) is 30.3 Å². The van der Waals surface area contributed by atoms with Crippen LogP contribution in [0.2, 0.25) is 0 Å². The topological polar surface area (TPSA) is 102 Å². The second kappa shape index (κ2) is 6.80. The van der Waals surface area contributed by atoms with E-state index >= 15 is 0 Å². The van der Waals surface area contributed by atoms with Crippen molar-refractivity contribution >= 4 is 35.1 Å². The summed E-state index contributed by atoms with van der Waals surface area (Å²) in [5.74, 6) is -0.351. The molecule has 4 aromatic rings. The summed E-state index contributed by atoms with van der Waals surface area (Å²) in [5, 5.41) is 21.8. The summed E-state index contributed by atoms with van der Waals surface area (Å²) in [6.45, 7) is 2.11. The average molecular weight is 385 g/mol. The van der Waals surface area contributed by atoms with E-state index in [9.17, 15) is 9.82 Å². The largest absolute Gasteiger partial charge is 0.491 e. The molecule has 2 aromatic heterocycles. The van der Waals surface area contributed by atoms with Gasteiger partial charge in [0.05, 0.1) is 23.5 Å². The highest BCUT2D eigenvalue weighted by atomic mass is 16.5. The summed E-state index contributed by atoms with van der Waals surface area (Å²) < 4.78 is 6.82. The number of nitrogens with zero attached hydrogens (tertiary/aromatic N) is 4. The van der Waals surface area contributed by atoms with Crippen LogP contribution in [-0.2, 0) is 11.3 Å². The van der Waals surface area contributed by atoms with Gasteiger partial charge < -0.3 is 15.0 Å². The highest BCUT2D eigenvalue weighted by Crippen LogP contribution is 2.20. The van der Waals surface area contributed by atoms with Crippen molar-refractivity contribution in [3.05, 3.63) is 71.7 Å². The number of rotatable bonds is 3. The van der Waals surface area contributed by atoms with Crippen molar-refractivity contribution in [2.24, 2.45) is 0 Å². The normalized spacial score (nSPS) is 13.0. The van der Waals surface area contributed by atoms with Crippen molar-refractivity contribution in [3.8, 4) is 5.69 Å². The Hall–Kier alpha value is -3.56. The van der Waals surface area contributed by atoms with Crippen LogP contribution in [0, 0.1) is 6.92 Å². The number of anilines is 1. The Bertz CT molecular complexity index is 1260. The Kier molecular flexibility index (Phi) is 4.11. The third-order valence-electron chi connectivity index (χ3n) is 5.00. The fraction of sp³-hybridized carbons (Fsp3) is 0.100. The molecule has 2 N–H and O–H groups in total. The van der Waals surface area contributed by atoms with Crippen LogP contribution < -0.4 is 10.8 Å². The maximum absolute atomic E-state index is 12.7. The summed E-state index contributed by atoms with van der Waals surface area (Å²) in [6.07, 6.45) is 1.75. The molecule has 0 saturated carbocycles. The molecular weight excluding hydrogens is 369 g/mol. The minimum absolute atomic E-state index is 0.244. The Morgan fingerprint density at radius 2 is 2.14 bits per heavy atom. The third kappa shape index (κ3) is 3.06. The number of amides is 1. The fourth-order valence-electron chi connectivity index (χ4n) is 3.48. The SMILES string of the molecule is Cc1c(C(=O)Nc2ccc3c(c2)COB3O)nnn1-c1ccc2ncccc2c1. The molecule has 142 valence electrons. The third-order valence-corrected chi connectivity index (χ3v) is 5.00. The van der Waals surface area contributed by atoms with E-state index in [4.69, 9.17) is 4.65 Å². The molecule has 0 unspecified atom stereocenters. The molecular formula is C20H16BN5O3. The van der Waals surface area contributed by atoms with Crippen LogP contribution in [0.25, 0.3) is 16.6 Å². The highest BCUT2D eigenvalue weighted by molar-refractivity contribution is 6.61. The molecule has 3 heterocycles. The zero-order valence-corrected chi connectivity index (χ0v) is 15.5. The molecule has 5 rings (SSSR count). The molecule has 0 bridgehead atoms. The average Bonchev–Trinajstić information content (AvgIpc) is 3.30. The standard InChI is InChI=1S/C20H16BN5O3/c1-12-19(20(27)23-15-4-6-17-14(9-15)11-29-21(17)28)24-25-26(12)16-5-7-18-13(10-16)3-2-8-22-18/h2-10,28H,11H2,1H3,(H,23,27). The van der Waals surface area contributed by atoms with E-state index in [0.717, 1.165) is 27.6 Å². The molecule has 0 radical (unpaired) electrons. The van der Waals surface area contributed by atoms with Gasteiger partial charge in [0.1, 0.15) is 0 Å². The van der Waals surface area contributed by atoms with Gasteiger partial charge in [-0.1, -0.05) is 17.3 Å². The van der Waals surface area contributed by atoms with E-state index in [0.29, 0.717) is 18.0 Å². The van der Waals surface area contributed by atoms with Crippen molar-refractivity contribution in [2.45, 2.75) is 13.5 Å². The summed E-state index contributed by atoms with van der Waals surface area (Å²) in [5.41, 5.74) is 4.74. The number of hydrogen-bond acceptors (Lipinski definition) is 6. The lowest BCUT2D eigenvalue weighted by molar-refractivity contribution is 0.102. The van der Waals surface area contributed by atoms with Crippen LogP contribution in [0.1, 0.15) is 21.7 Å². The lowest BCUT2D eigenvalue weighted by Crippen LogP contribution is -2.28. The van der Waals surface area contributed by atoms with Gasteiger partial charge in [0.15, 0.2) is 5.69 Å². The second-order valence-electron chi connectivity index (χ2n) is 6.85. The van der Waals surface area contributed by atoms with Crippen molar-refractivity contribution in [1.29, 1.82) is 0 Å². The van der Waals surface area contributed by atoms with Gasteiger partial charge in [-0.15, -0.1) is 5.10 Å². The monoisotopic (exact) mass is 385 g/mol. The lowest BCUT2D eigenvalue weighted by Gasteiger charge is -2.07. The van der Waals surface area contributed by atoms with Crippen LogP contribution in [0.5, 0.6) is 0 Å².